The lowest BCUT2D eigenvalue weighted by atomic mass is 9.80. The molecule has 2 aromatic rings. The highest BCUT2D eigenvalue weighted by atomic mass is 16.5. The molecule has 0 radical (unpaired) electrons. The van der Waals surface area contributed by atoms with Crippen molar-refractivity contribution in [2.75, 3.05) is 13.1 Å². The Balaban J connectivity index is 1.57. The number of aromatic nitrogens is 3. The molecule has 2 fully saturated rings. The zero-order valence-corrected chi connectivity index (χ0v) is 17.3. The quantitative estimate of drug-likeness (QED) is 0.847. The lowest BCUT2D eigenvalue weighted by Crippen LogP contribution is -2.40. The van der Waals surface area contributed by atoms with Gasteiger partial charge in [0.2, 0.25) is 11.8 Å². The Morgan fingerprint density at radius 2 is 2.14 bits per heavy atom. The van der Waals surface area contributed by atoms with Crippen LogP contribution in [0.5, 0.6) is 0 Å². The van der Waals surface area contributed by atoms with Gasteiger partial charge in [0, 0.05) is 36.9 Å². The van der Waals surface area contributed by atoms with Crippen LogP contribution in [0.1, 0.15) is 54.5 Å². The molecule has 0 aromatic carbocycles. The first-order valence-corrected chi connectivity index (χ1v) is 10.1. The number of pyridine rings is 1. The van der Waals surface area contributed by atoms with E-state index in [0.29, 0.717) is 42.5 Å². The molecule has 8 nitrogen and oxygen atoms in total. The van der Waals surface area contributed by atoms with Gasteiger partial charge in [0.15, 0.2) is 5.82 Å². The Kier molecular flexibility index (Phi) is 4.88. The number of rotatable bonds is 4. The Labute approximate surface area is 170 Å². The third kappa shape index (κ3) is 3.41. The first kappa shape index (κ1) is 19.5. The number of hydrogen-bond donors (Lipinski definition) is 1. The fraction of sp³-hybridized carbons (Fsp3) is 0.571. The molecule has 29 heavy (non-hydrogen) atoms. The van der Waals surface area contributed by atoms with Gasteiger partial charge in [0.1, 0.15) is 0 Å². The van der Waals surface area contributed by atoms with Crippen LogP contribution < -0.4 is 5.32 Å². The summed E-state index contributed by atoms with van der Waals surface area (Å²) in [7, 11) is 0. The molecule has 1 saturated heterocycles. The summed E-state index contributed by atoms with van der Waals surface area (Å²) in [6.45, 7) is 8.66. The van der Waals surface area contributed by atoms with Gasteiger partial charge in [-0.1, -0.05) is 19.0 Å². The van der Waals surface area contributed by atoms with E-state index in [1.807, 2.05) is 25.7 Å². The van der Waals surface area contributed by atoms with Crippen LogP contribution >= 0.6 is 0 Å². The number of nitrogens with one attached hydrogen (secondary N) is 1. The van der Waals surface area contributed by atoms with E-state index in [0.717, 1.165) is 6.42 Å². The maximum Gasteiger partial charge on any atom is 0.253 e. The zero-order valence-electron chi connectivity index (χ0n) is 17.3. The number of hydrogen-bond acceptors (Lipinski definition) is 6. The van der Waals surface area contributed by atoms with Gasteiger partial charge in [-0.15, -0.1) is 0 Å². The van der Waals surface area contributed by atoms with Crippen LogP contribution in [-0.4, -0.2) is 51.0 Å². The first-order chi connectivity index (χ1) is 13.8. The van der Waals surface area contributed by atoms with Crippen molar-refractivity contribution in [3.8, 4) is 0 Å². The van der Waals surface area contributed by atoms with Crippen LogP contribution in [0.4, 0.5) is 0 Å². The van der Waals surface area contributed by atoms with Crippen LogP contribution in [0.2, 0.25) is 0 Å². The van der Waals surface area contributed by atoms with Gasteiger partial charge < -0.3 is 14.7 Å². The normalized spacial score (nSPS) is 26.0. The molecule has 2 aromatic heterocycles. The van der Waals surface area contributed by atoms with Crippen molar-refractivity contribution in [2.24, 2.45) is 11.8 Å². The molecular formula is C21H27N5O3. The van der Waals surface area contributed by atoms with E-state index in [9.17, 15) is 9.59 Å². The minimum absolute atomic E-state index is 0.0179. The average molecular weight is 397 g/mol. The van der Waals surface area contributed by atoms with Gasteiger partial charge in [-0.05, 0) is 44.7 Å². The van der Waals surface area contributed by atoms with E-state index in [4.69, 9.17) is 4.52 Å². The lowest BCUT2D eigenvalue weighted by molar-refractivity contribution is -0.133. The number of carbonyl (C=O) groups excluding carboxylic acids is 2. The fourth-order valence-electron chi connectivity index (χ4n) is 4.83. The molecule has 154 valence electrons. The van der Waals surface area contributed by atoms with Crippen LogP contribution in [0.3, 0.4) is 0 Å². The van der Waals surface area contributed by atoms with Crippen LogP contribution in [0, 0.1) is 25.7 Å². The number of nitrogens with zero attached hydrogens (tertiary/aromatic N) is 4. The molecule has 2 aliphatic rings. The van der Waals surface area contributed by atoms with Gasteiger partial charge in [-0.3, -0.25) is 14.6 Å². The number of aryl methyl sites for hydroxylation is 2. The van der Waals surface area contributed by atoms with Crippen molar-refractivity contribution in [3.63, 3.8) is 0 Å². The molecule has 1 saturated carbocycles. The molecule has 8 heteroatoms. The monoisotopic (exact) mass is 397 g/mol. The van der Waals surface area contributed by atoms with Crippen LogP contribution in [0.15, 0.2) is 22.9 Å². The molecule has 3 unspecified atom stereocenters. The number of likely N-dealkylation sites (tertiary alicyclic amines) is 1. The lowest BCUT2D eigenvalue weighted by Gasteiger charge is -2.26. The molecule has 1 aliphatic carbocycles. The van der Waals surface area contributed by atoms with Gasteiger partial charge in [-0.2, -0.15) is 4.98 Å². The van der Waals surface area contributed by atoms with Gasteiger partial charge in [-0.25, -0.2) is 0 Å². The predicted molar refractivity (Wildman–Crippen MR) is 105 cm³/mol. The molecule has 3 heterocycles. The fourth-order valence-corrected chi connectivity index (χ4v) is 4.83. The molecule has 0 bridgehead atoms. The summed E-state index contributed by atoms with van der Waals surface area (Å²) in [5.41, 5.74) is 0.885. The van der Waals surface area contributed by atoms with E-state index < -0.39 is 5.41 Å². The van der Waals surface area contributed by atoms with Crippen molar-refractivity contribution < 1.29 is 14.1 Å². The van der Waals surface area contributed by atoms with Crippen molar-refractivity contribution >= 4 is 11.8 Å². The highest BCUT2D eigenvalue weighted by molar-refractivity contribution is 5.95. The standard InChI is InChI=1S/C21H27N5O3/c1-12(2)19(28)26-10-15-8-16(24-18(27)17-6-5-7-22-13(17)3)9-21(15,11-26)20-23-14(4)25-29-20/h5-7,12,15-16H,8-11H2,1-4H3,(H,24,27). The highest BCUT2D eigenvalue weighted by Crippen LogP contribution is 2.50. The molecule has 0 spiro atoms. The van der Waals surface area contributed by atoms with E-state index in [2.05, 4.69) is 20.4 Å². The maximum absolute atomic E-state index is 12.8. The van der Waals surface area contributed by atoms with E-state index in [-0.39, 0.29) is 29.7 Å². The molecule has 1 aliphatic heterocycles. The van der Waals surface area contributed by atoms with Crippen LogP contribution in [-0.2, 0) is 10.2 Å². The summed E-state index contributed by atoms with van der Waals surface area (Å²) in [5.74, 6) is 1.30. The largest absolute Gasteiger partial charge is 0.349 e. The highest BCUT2D eigenvalue weighted by Gasteiger charge is 2.58. The molecule has 1 N–H and O–H groups in total. The number of amides is 2. The van der Waals surface area contributed by atoms with Gasteiger partial charge >= 0.3 is 0 Å². The van der Waals surface area contributed by atoms with Gasteiger partial charge in [0.05, 0.1) is 11.0 Å². The van der Waals surface area contributed by atoms with E-state index >= 15 is 0 Å². The molecule has 3 atom stereocenters. The SMILES string of the molecule is Cc1noc(C23CC(NC(=O)c4cccnc4C)CC2CN(C(=O)C(C)C)C3)n1. The maximum atomic E-state index is 12.8. The van der Waals surface area contributed by atoms with Gasteiger partial charge in [0.25, 0.3) is 5.91 Å². The summed E-state index contributed by atoms with van der Waals surface area (Å²) in [6, 6.07) is 3.53. The third-order valence-corrected chi connectivity index (χ3v) is 6.22. The predicted octanol–water partition coefficient (Wildman–Crippen LogP) is 2.03. The molecule has 4 rings (SSSR count). The zero-order chi connectivity index (χ0) is 20.8. The minimum atomic E-state index is -0.409. The minimum Gasteiger partial charge on any atom is -0.349 e. The Bertz CT molecular complexity index is 940. The second-order valence-corrected chi connectivity index (χ2v) is 8.62. The average Bonchev–Trinajstić information content (AvgIpc) is 3.33. The summed E-state index contributed by atoms with van der Waals surface area (Å²) < 4.78 is 5.58. The van der Waals surface area contributed by atoms with Crippen LogP contribution in [0.25, 0.3) is 0 Å². The van der Waals surface area contributed by atoms with E-state index in [1.54, 1.807) is 25.3 Å². The van der Waals surface area contributed by atoms with E-state index in [1.165, 1.54) is 0 Å². The smallest absolute Gasteiger partial charge is 0.253 e. The number of fused-ring (bicyclic) bond motifs is 1. The van der Waals surface area contributed by atoms with Crippen molar-refractivity contribution in [2.45, 2.75) is 52.0 Å². The summed E-state index contributed by atoms with van der Waals surface area (Å²) in [5, 5.41) is 7.14. The Hall–Kier alpha value is -2.77. The van der Waals surface area contributed by atoms with Crippen molar-refractivity contribution in [3.05, 3.63) is 41.3 Å². The second kappa shape index (κ2) is 7.24. The second-order valence-electron chi connectivity index (χ2n) is 8.62. The Morgan fingerprint density at radius 1 is 1.34 bits per heavy atom. The van der Waals surface area contributed by atoms with Crippen molar-refractivity contribution in [1.82, 2.24) is 25.3 Å². The first-order valence-electron chi connectivity index (χ1n) is 10.1. The topological polar surface area (TPSA) is 101 Å². The summed E-state index contributed by atoms with van der Waals surface area (Å²) >= 11 is 0. The molecule has 2 amide bonds. The summed E-state index contributed by atoms with van der Waals surface area (Å²) in [6.07, 6.45) is 3.12. The van der Waals surface area contributed by atoms with Crippen molar-refractivity contribution in [1.29, 1.82) is 0 Å². The Morgan fingerprint density at radius 3 is 2.79 bits per heavy atom. The number of carbonyl (C=O) groups is 2. The summed E-state index contributed by atoms with van der Waals surface area (Å²) in [4.78, 5) is 36.0. The third-order valence-electron chi connectivity index (χ3n) is 6.22. The molecular weight excluding hydrogens is 370 g/mol.